The second-order valence-corrected chi connectivity index (χ2v) is 6.09. The molecule has 3 aromatic rings. The highest BCUT2D eigenvalue weighted by Crippen LogP contribution is 2.38. The average molecular weight is 374 g/mol. The van der Waals surface area contributed by atoms with Crippen LogP contribution in [0.4, 0.5) is 11.4 Å². The SMILES string of the molecule is CNC(O)c1cnc(Cl)cc1Nc1cccc(-c2cnn(C)c2)c1OC. The molecule has 0 amide bonds. The first kappa shape index (κ1) is 18.2. The predicted molar refractivity (Wildman–Crippen MR) is 102 cm³/mol. The Kier molecular flexibility index (Phi) is 5.41. The summed E-state index contributed by atoms with van der Waals surface area (Å²) in [6.45, 7) is 0. The van der Waals surface area contributed by atoms with Gasteiger partial charge in [0.05, 0.1) is 24.7 Å². The lowest BCUT2D eigenvalue weighted by atomic mass is 10.1. The summed E-state index contributed by atoms with van der Waals surface area (Å²) in [6.07, 6.45) is 4.35. The first-order chi connectivity index (χ1) is 12.5. The van der Waals surface area contributed by atoms with E-state index in [1.54, 1.807) is 31.1 Å². The molecule has 7 nitrogen and oxygen atoms in total. The number of pyridine rings is 1. The van der Waals surface area contributed by atoms with Crippen molar-refractivity contribution in [3.8, 4) is 16.9 Å². The van der Waals surface area contributed by atoms with Crippen molar-refractivity contribution in [2.24, 2.45) is 7.05 Å². The van der Waals surface area contributed by atoms with Gasteiger partial charge in [0.15, 0.2) is 0 Å². The van der Waals surface area contributed by atoms with Crippen LogP contribution < -0.4 is 15.4 Å². The molecule has 0 aliphatic rings. The van der Waals surface area contributed by atoms with Crippen molar-refractivity contribution >= 4 is 23.0 Å². The van der Waals surface area contributed by atoms with Crippen molar-refractivity contribution in [2.75, 3.05) is 19.5 Å². The molecule has 1 aromatic carbocycles. The van der Waals surface area contributed by atoms with Gasteiger partial charge in [-0.3, -0.25) is 10.00 Å². The first-order valence-electron chi connectivity index (χ1n) is 7.97. The lowest BCUT2D eigenvalue weighted by Gasteiger charge is -2.19. The van der Waals surface area contributed by atoms with E-state index >= 15 is 0 Å². The molecule has 0 bridgehead atoms. The lowest BCUT2D eigenvalue weighted by molar-refractivity contribution is 0.149. The summed E-state index contributed by atoms with van der Waals surface area (Å²) in [7, 11) is 5.14. The molecule has 1 unspecified atom stereocenters. The Labute approximate surface area is 156 Å². The summed E-state index contributed by atoms with van der Waals surface area (Å²) < 4.78 is 7.38. The molecule has 2 aromatic heterocycles. The normalized spacial score (nSPS) is 12.0. The summed E-state index contributed by atoms with van der Waals surface area (Å²) in [5.41, 5.74) is 3.79. The minimum atomic E-state index is -0.880. The molecule has 3 N–H and O–H groups in total. The Hall–Kier alpha value is -2.61. The standard InChI is InChI=1S/C18H20ClN5O2/c1-20-18(25)13-9-21-16(19)7-15(13)23-14-6-4-5-12(17(14)26-3)11-8-22-24(2)10-11/h4-10,18,20,25H,1-3H3,(H,21,23). The summed E-state index contributed by atoms with van der Waals surface area (Å²) in [4.78, 5) is 4.04. The van der Waals surface area contributed by atoms with Gasteiger partial charge in [-0.2, -0.15) is 5.10 Å². The summed E-state index contributed by atoms with van der Waals surface area (Å²) >= 11 is 6.04. The lowest BCUT2D eigenvalue weighted by Crippen LogP contribution is -2.17. The number of hydrogen-bond acceptors (Lipinski definition) is 6. The Morgan fingerprint density at radius 3 is 2.73 bits per heavy atom. The van der Waals surface area contributed by atoms with E-state index in [9.17, 15) is 5.11 Å². The molecule has 0 aliphatic carbocycles. The highest BCUT2D eigenvalue weighted by molar-refractivity contribution is 6.29. The molecule has 0 saturated heterocycles. The number of aryl methyl sites for hydroxylation is 1. The number of aliphatic hydroxyl groups excluding tert-OH is 1. The fraction of sp³-hybridized carbons (Fsp3) is 0.222. The second kappa shape index (κ2) is 7.74. The van der Waals surface area contributed by atoms with Crippen LogP contribution in [0.2, 0.25) is 5.15 Å². The van der Waals surface area contributed by atoms with Crippen molar-refractivity contribution in [3.05, 3.63) is 53.6 Å². The van der Waals surface area contributed by atoms with Crippen LogP contribution in [0.25, 0.3) is 11.1 Å². The molecule has 26 heavy (non-hydrogen) atoms. The molecule has 136 valence electrons. The van der Waals surface area contributed by atoms with Gasteiger partial charge in [-0.25, -0.2) is 4.98 Å². The van der Waals surface area contributed by atoms with Crippen LogP contribution in [0.3, 0.4) is 0 Å². The van der Waals surface area contributed by atoms with Crippen LogP contribution in [0, 0.1) is 0 Å². The zero-order valence-corrected chi connectivity index (χ0v) is 15.4. The van der Waals surface area contributed by atoms with Gasteiger partial charge < -0.3 is 15.2 Å². The molecular formula is C18H20ClN5O2. The number of rotatable bonds is 6. The third-order valence-electron chi connectivity index (χ3n) is 3.97. The van der Waals surface area contributed by atoms with Crippen molar-refractivity contribution < 1.29 is 9.84 Å². The molecule has 1 atom stereocenters. The largest absolute Gasteiger partial charge is 0.494 e. The Balaban J connectivity index is 2.05. The Bertz CT molecular complexity index is 912. The number of methoxy groups -OCH3 is 1. The van der Waals surface area contributed by atoms with E-state index in [1.165, 1.54) is 6.20 Å². The third-order valence-corrected chi connectivity index (χ3v) is 4.18. The van der Waals surface area contributed by atoms with E-state index in [-0.39, 0.29) is 0 Å². The van der Waals surface area contributed by atoms with Gasteiger partial charge in [0.1, 0.15) is 17.1 Å². The molecule has 0 radical (unpaired) electrons. The van der Waals surface area contributed by atoms with Crippen molar-refractivity contribution in [1.29, 1.82) is 0 Å². The number of anilines is 2. The van der Waals surface area contributed by atoms with Crippen LogP contribution >= 0.6 is 11.6 Å². The van der Waals surface area contributed by atoms with Crippen LogP contribution in [-0.4, -0.2) is 34.0 Å². The van der Waals surface area contributed by atoms with E-state index in [1.807, 2.05) is 31.4 Å². The van der Waals surface area contributed by atoms with Crippen molar-refractivity contribution in [2.45, 2.75) is 6.23 Å². The van der Waals surface area contributed by atoms with Crippen molar-refractivity contribution in [3.63, 3.8) is 0 Å². The topological polar surface area (TPSA) is 84.2 Å². The predicted octanol–water partition coefficient (Wildman–Crippen LogP) is 3.10. The van der Waals surface area contributed by atoms with E-state index in [0.29, 0.717) is 22.2 Å². The number of nitrogens with one attached hydrogen (secondary N) is 2. The molecule has 0 aliphatic heterocycles. The Morgan fingerprint density at radius 1 is 1.27 bits per heavy atom. The maximum atomic E-state index is 10.2. The van der Waals surface area contributed by atoms with Gasteiger partial charge in [0, 0.05) is 36.1 Å². The van der Waals surface area contributed by atoms with Crippen LogP contribution in [0.5, 0.6) is 5.75 Å². The van der Waals surface area contributed by atoms with Gasteiger partial charge in [-0.1, -0.05) is 23.7 Å². The molecule has 0 spiro atoms. The number of ether oxygens (including phenoxy) is 1. The van der Waals surface area contributed by atoms with Crippen LogP contribution in [-0.2, 0) is 7.05 Å². The quantitative estimate of drug-likeness (QED) is 0.455. The minimum absolute atomic E-state index is 0.321. The minimum Gasteiger partial charge on any atom is -0.494 e. The van der Waals surface area contributed by atoms with Gasteiger partial charge in [-0.05, 0) is 19.2 Å². The molecule has 8 heteroatoms. The van der Waals surface area contributed by atoms with Gasteiger partial charge in [0.2, 0.25) is 0 Å². The van der Waals surface area contributed by atoms with Crippen molar-refractivity contribution in [1.82, 2.24) is 20.1 Å². The number of aromatic nitrogens is 3. The van der Waals surface area contributed by atoms with E-state index in [4.69, 9.17) is 16.3 Å². The summed E-state index contributed by atoms with van der Waals surface area (Å²) in [6, 6.07) is 7.43. The highest BCUT2D eigenvalue weighted by Gasteiger charge is 2.16. The van der Waals surface area contributed by atoms with Gasteiger partial charge >= 0.3 is 0 Å². The average Bonchev–Trinajstić information content (AvgIpc) is 3.07. The molecule has 0 fully saturated rings. The maximum absolute atomic E-state index is 10.2. The van der Waals surface area contributed by atoms with Gasteiger partial charge in [0.25, 0.3) is 0 Å². The zero-order chi connectivity index (χ0) is 18.7. The van der Waals surface area contributed by atoms with Crippen LogP contribution in [0.15, 0.2) is 42.9 Å². The first-order valence-corrected chi connectivity index (χ1v) is 8.35. The fourth-order valence-electron chi connectivity index (χ4n) is 2.71. The molecule has 2 heterocycles. The van der Waals surface area contributed by atoms with E-state index < -0.39 is 6.23 Å². The van der Waals surface area contributed by atoms with E-state index in [0.717, 1.165) is 16.8 Å². The number of halogens is 1. The number of benzene rings is 1. The molecular weight excluding hydrogens is 354 g/mol. The smallest absolute Gasteiger partial charge is 0.150 e. The Morgan fingerprint density at radius 2 is 2.08 bits per heavy atom. The van der Waals surface area contributed by atoms with Gasteiger partial charge in [-0.15, -0.1) is 0 Å². The van der Waals surface area contributed by atoms with E-state index in [2.05, 4.69) is 20.7 Å². The third kappa shape index (κ3) is 3.65. The molecule has 3 rings (SSSR count). The van der Waals surface area contributed by atoms with Crippen LogP contribution in [0.1, 0.15) is 11.8 Å². The number of aliphatic hydroxyl groups is 1. The fourth-order valence-corrected chi connectivity index (χ4v) is 2.87. The second-order valence-electron chi connectivity index (χ2n) is 5.70. The number of nitrogens with zero attached hydrogens (tertiary/aromatic N) is 3. The number of para-hydroxylation sites is 1. The maximum Gasteiger partial charge on any atom is 0.150 e. The zero-order valence-electron chi connectivity index (χ0n) is 14.7. The monoisotopic (exact) mass is 373 g/mol. The highest BCUT2D eigenvalue weighted by atomic mass is 35.5. The molecule has 0 saturated carbocycles. The summed E-state index contributed by atoms with van der Waals surface area (Å²) in [5, 5.41) is 20.8. The number of hydrogen-bond donors (Lipinski definition) is 3. The summed E-state index contributed by atoms with van der Waals surface area (Å²) in [5.74, 6) is 0.665.